The Hall–Kier alpha value is -6.48. The Labute approximate surface area is 374 Å². The number of piperazine rings is 1. The number of nitrogens with one attached hydrogen (secondary N) is 2. The molecule has 1 amide bonds. The van der Waals surface area contributed by atoms with Crippen molar-refractivity contribution in [1.82, 2.24) is 30.0 Å². The first-order chi connectivity index (χ1) is 30.9. The molecule has 0 atom stereocenters. The van der Waals surface area contributed by atoms with Gasteiger partial charge in [-0.3, -0.25) is 14.5 Å². The van der Waals surface area contributed by atoms with E-state index in [0.29, 0.717) is 76.9 Å². The number of rotatable bonds is 14. The molecule has 64 heavy (non-hydrogen) atoms. The van der Waals surface area contributed by atoms with Gasteiger partial charge in [0, 0.05) is 80.8 Å². The maximum Gasteiger partial charge on any atom is 0.274 e. The SMILES string of the molecule is CCS(=O)(=O)c1ccc(Oc2cccc(OCCN3CCN(c4ccc(C(=O)N[C@H]5CC[C@H](Oc6ccc(C#N)c(Cl)c6)CC5)nn4)CC3)c2F)c(-c2cn(C)c(=O)c3[nH]ccc23)c1. The van der Waals surface area contributed by atoms with Crippen molar-refractivity contribution in [3.8, 4) is 40.2 Å². The lowest BCUT2D eigenvalue weighted by Gasteiger charge is -2.35. The number of sulfone groups is 1. The summed E-state index contributed by atoms with van der Waals surface area (Å²) < 4.78 is 61.3. The molecule has 6 aromatic rings. The van der Waals surface area contributed by atoms with Crippen LogP contribution < -0.4 is 30.0 Å². The number of hydrogen-bond donors (Lipinski definition) is 2. The summed E-state index contributed by atoms with van der Waals surface area (Å²) in [5.41, 5.74) is 1.64. The van der Waals surface area contributed by atoms with Crippen molar-refractivity contribution in [2.24, 2.45) is 7.05 Å². The molecule has 332 valence electrons. The van der Waals surface area contributed by atoms with Gasteiger partial charge in [-0.05, 0) is 86.3 Å². The molecule has 1 saturated heterocycles. The van der Waals surface area contributed by atoms with Gasteiger partial charge in [-0.25, -0.2) is 8.42 Å². The quantitative estimate of drug-likeness (QED) is 0.116. The van der Waals surface area contributed by atoms with Gasteiger partial charge in [-0.2, -0.15) is 9.65 Å². The van der Waals surface area contributed by atoms with Crippen molar-refractivity contribution >= 4 is 44.1 Å². The molecule has 0 bridgehead atoms. The molecule has 2 fully saturated rings. The van der Waals surface area contributed by atoms with E-state index >= 15 is 4.39 Å². The maximum absolute atomic E-state index is 16.0. The molecule has 1 saturated carbocycles. The molecule has 3 aromatic heterocycles. The summed E-state index contributed by atoms with van der Waals surface area (Å²) in [6.45, 7) is 5.05. The number of amides is 1. The second-order valence-electron chi connectivity index (χ2n) is 15.7. The van der Waals surface area contributed by atoms with E-state index < -0.39 is 15.7 Å². The fraction of sp³-hybridized carbons (Fsp3) is 0.326. The zero-order valence-electron chi connectivity index (χ0n) is 35.2. The molecule has 4 heterocycles. The van der Waals surface area contributed by atoms with Crippen molar-refractivity contribution in [1.29, 1.82) is 5.26 Å². The largest absolute Gasteiger partial charge is 0.490 e. The number of H-pyrrole nitrogens is 1. The lowest BCUT2D eigenvalue weighted by molar-refractivity contribution is 0.0888. The predicted octanol–water partition coefficient (Wildman–Crippen LogP) is 6.89. The third kappa shape index (κ3) is 9.69. The summed E-state index contributed by atoms with van der Waals surface area (Å²) in [5.74, 6) is 0.278. The standard InChI is InChI=1S/C46H46ClFN8O7S/c1-3-64(59,60)33-13-15-39(35(26-33)36-28-54(2)46(58)44-34(36)17-18-50-44)63-41-6-4-5-40(43(41)48)61-24-23-55-19-21-56(22-20-55)42-16-14-38(52-53-42)45(57)51-30-8-11-31(12-9-30)62-32-10-7-29(27-49)37(47)25-32/h4-7,10,13-18,25-26,28,30-31,50H,3,8-9,11-12,19-24H2,1-2H3,(H,51,57)/t30-,31-. The summed E-state index contributed by atoms with van der Waals surface area (Å²) in [5, 5.41) is 21.7. The third-order valence-electron chi connectivity index (χ3n) is 11.6. The molecule has 2 N–H and O–H groups in total. The molecule has 0 spiro atoms. The number of pyridine rings is 1. The van der Waals surface area contributed by atoms with E-state index in [0.717, 1.165) is 25.7 Å². The van der Waals surface area contributed by atoms with E-state index in [9.17, 15) is 18.0 Å². The van der Waals surface area contributed by atoms with Crippen molar-refractivity contribution in [2.75, 3.05) is 50.0 Å². The van der Waals surface area contributed by atoms with Crippen LogP contribution in [0.4, 0.5) is 10.2 Å². The molecule has 0 unspecified atom stereocenters. The molecule has 8 rings (SSSR count). The first kappa shape index (κ1) is 44.1. The number of hydrogen-bond acceptors (Lipinski definition) is 12. The van der Waals surface area contributed by atoms with Crippen LogP contribution in [0.25, 0.3) is 22.0 Å². The Morgan fingerprint density at radius 1 is 0.969 bits per heavy atom. The molecule has 1 aliphatic heterocycles. The highest BCUT2D eigenvalue weighted by molar-refractivity contribution is 7.91. The van der Waals surface area contributed by atoms with Crippen LogP contribution in [0.15, 0.2) is 94.9 Å². The van der Waals surface area contributed by atoms with Gasteiger partial charge in [0.1, 0.15) is 29.7 Å². The van der Waals surface area contributed by atoms with Gasteiger partial charge in [0.05, 0.1) is 27.3 Å². The first-order valence-corrected chi connectivity index (χ1v) is 23.0. The summed E-state index contributed by atoms with van der Waals surface area (Å²) >= 11 is 6.15. The van der Waals surface area contributed by atoms with E-state index in [-0.39, 0.29) is 63.8 Å². The van der Waals surface area contributed by atoms with E-state index in [4.69, 9.17) is 31.1 Å². The van der Waals surface area contributed by atoms with Crippen LogP contribution >= 0.6 is 11.6 Å². The zero-order chi connectivity index (χ0) is 45.0. The molecular weight excluding hydrogens is 863 g/mol. The van der Waals surface area contributed by atoms with Gasteiger partial charge in [0.2, 0.25) is 5.82 Å². The van der Waals surface area contributed by atoms with Crippen LogP contribution in [-0.2, 0) is 16.9 Å². The lowest BCUT2D eigenvalue weighted by atomic mass is 9.93. The maximum atomic E-state index is 16.0. The van der Waals surface area contributed by atoms with Crippen molar-refractivity contribution in [3.63, 3.8) is 0 Å². The van der Waals surface area contributed by atoms with E-state index in [1.807, 2.05) is 6.07 Å². The fourth-order valence-corrected chi connectivity index (χ4v) is 9.11. The van der Waals surface area contributed by atoms with Gasteiger partial charge >= 0.3 is 0 Å². The minimum Gasteiger partial charge on any atom is -0.490 e. The van der Waals surface area contributed by atoms with Crippen molar-refractivity contribution in [2.45, 2.75) is 49.6 Å². The lowest BCUT2D eigenvalue weighted by Crippen LogP contribution is -2.47. The minimum atomic E-state index is -3.61. The molecular formula is C46H46ClFN8O7S. The fourth-order valence-electron chi connectivity index (χ4n) is 7.99. The van der Waals surface area contributed by atoms with E-state index in [1.165, 1.54) is 34.9 Å². The van der Waals surface area contributed by atoms with Gasteiger partial charge < -0.3 is 34.0 Å². The number of fused-ring (bicyclic) bond motifs is 1. The monoisotopic (exact) mass is 908 g/mol. The van der Waals surface area contributed by atoms with E-state index in [2.05, 4.69) is 30.3 Å². The van der Waals surface area contributed by atoms with Gasteiger partial charge in [0.25, 0.3) is 11.5 Å². The average molecular weight is 909 g/mol. The Morgan fingerprint density at radius 3 is 2.47 bits per heavy atom. The van der Waals surface area contributed by atoms with Crippen LogP contribution in [0.2, 0.25) is 5.02 Å². The Kier molecular flexibility index (Phi) is 13.2. The first-order valence-electron chi connectivity index (χ1n) is 21.0. The number of benzene rings is 3. The number of anilines is 1. The number of aromatic amines is 1. The smallest absolute Gasteiger partial charge is 0.274 e. The second kappa shape index (κ2) is 19.1. The number of halogens is 2. The third-order valence-corrected chi connectivity index (χ3v) is 13.7. The second-order valence-corrected chi connectivity index (χ2v) is 18.4. The number of carbonyl (C=O) groups excluding carboxylic acids is 1. The molecule has 18 heteroatoms. The predicted molar refractivity (Wildman–Crippen MR) is 240 cm³/mol. The highest BCUT2D eigenvalue weighted by atomic mass is 35.5. The van der Waals surface area contributed by atoms with Crippen molar-refractivity contribution in [3.05, 3.63) is 118 Å². The van der Waals surface area contributed by atoms with Crippen LogP contribution in [0, 0.1) is 17.1 Å². The summed E-state index contributed by atoms with van der Waals surface area (Å²) in [6, 6.07) is 21.3. The number of aromatic nitrogens is 4. The molecule has 1 aliphatic carbocycles. The van der Waals surface area contributed by atoms with Crippen LogP contribution in [0.5, 0.6) is 23.0 Å². The summed E-state index contributed by atoms with van der Waals surface area (Å²) in [7, 11) is -2.01. The van der Waals surface area contributed by atoms with Gasteiger partial charge in [-0.1, -0.05) is 24.6 Å². The topological polar surface area (TPSA) is 185 Å². The van der Waals surface area contributed by atoms with Gasteiger partial charge in [-0.15, -0.1) is 10.2 Å². The highest BCUT2D eigenvalue weighted by Gasteiger charge is 2.26. The number of aryl methyl sites for hydroxylation is 1. The molecule has 15 nitrogen and oxygen atoms in total. The Balaban J connectivity index is 0.822. The number of nitriles is 1. The summed E-state index contributed by atoms with van der Waals surface area (Å²) in [6.07, 6.45) is 6.25. The number of carbonyl (C=O) groups is 1. The van der Waals surface area contributed by atoms with Crippen LogP contribution in [0.1, 0.15) is 48.7 Å². The van der Waals surface area contributed by atoms with Gasteiger partial charge in [0.15, 0.2) is 32.8 Å². The summed E-state index contributed by atoms with van der Waals surface area (Å²) in [4.78, 5) is 33.2. The highest BCUT2D eigenvalue weighted by Crippen LogP contribution is 2.40. The molecule has 0 radical (unpaired) electrons. The number of ether oxygens (including phenoxy) is 3. The Morgan fingerprint density at radius 2 is 1.75 bits per heavy atom. The molecule has 2 aliphatic rings. The normalized spacial score (nSPS) is 16.9. The minimum absolute atomic E-state index is 0.00420. The van der Waals surface area contributed by atoms with Crippen LogP contribution in [-0.4, -0.2) is 96.2 Å². The Bertz CT molecular complexity index is 2890. The molecule has 3 aromatic carbocycles. The average Bonchev–Trinajstić information content (AvgIpc) is 3.81. The number of nitrogens with zero attached hydrogens (tertiary/aromatic N) is 6. The van der Waals surface area contributed by atoms with E-state index in [1.54, 1.807) is 68.8 Å². The van der Waals surface area contributed by atoms with Crippen LogP contribution in [0.3, 0.4) is 0 Å². The van der Waals surface area contributed by atoms with Crippen molar-refractivity contribution < 1.29 is 31.8 Å². The zero-order valence-corrected chi connectivity index (χ0v) is 36.8.